The van der Waals surface area contributed by atoms with Crippen LogP contribution in [0.15, 0.2) is 12.3 Å². The van der Waals surface area contributed by atoms with Gasteiger partial charge in [0.1, 0.15) is 5.82 Å². The average Bonchev–Trinajstić information content (AvgIpc) is 2.33. The summed E-state index contributed by atoms with van der Waals surface area (Å²) in [5.41, 5.74) is 0. The van der Waals surface area contributed by atoms with Gasteiger partial charge in [0.15, 0.2) is 0 Å². The molecule has 100 valence electrons. The van der Waals surface area contributed by atoms with Gasteiger partial charge in [0.05, 0.1) is 6.10 Å². The van der Waals surface area contributed by atoms with Gasteiger partial charge in [-0.3, -0.25) is 0 Å². The van der Waals surface area contributed by atoms with Crippen molar-refractivity contribution in [2.75, 3.05) is 17.2 Å². The van der Waals surface area contributed by atoms with Crippen LogP contribution in [0.25, 0.3) is 0 Å². The molecule has 1 aliphatic rings. The Morgan fingerprint density at radius 2 is 2.22 bits per heavy atom. The van der Waals surface area contributed by atoms with Gasteiger partial charge in [0.2, 0.25) is 5.95 Å². The maximum absolute atomic E-state index is 9.37. The van der Waals surface area contributed by atoms with Gasteiger partial charge in [0, 0.05) is 18.8 Å². The molecule has 5 heteroatoms. The summed E-state index contributed by atoms with van der Waals surface area (Å²) in [6.45, 7) is 5.04. The van der Waals surface area contributed by atoms with E-state index < -0.39 is 0 Å². The zero-order chi connectivity index (χ0) is 13.0. The highest BCUT2D eigenvalue weighted by atomic mass is 16.3. The van der Waals surface area contributed by atoms with Crippen LogP contribution in [0.2, 0.25) is 0 Å². The molecule has 0 aliphatic heterocycles. The predicted molar refractivity (Wildman–Crippen MR) is 72.6 cm³/mol. The van der Waals surface area contributed by atoms with Crippen molar-refractivity contribution >= 4 is 11.8 Å². The van der Waals surface area contributed by atoms with Crippen molar-refractivity contribution in [3.05, 3.63) is 12.3 Å². The molecule has 1 aromatic rings. The third-order valence-corrected chi connectivity index (χ3v) is 3.49. The summed E-state index contributed by atoms with van der Waals surface area (Å²) in [6.07, 6.45) is 4.44. The monoisotopic (exact) mass is 250 g/mol. The molecule has 0 unspecified atom stereocenters. The lowest BCUT2D eigenvalue weighted by Gasteiger charge is -2.37. The third-order valence-electron chi connectivity index (χ3n) is 3.49. The quantitative estimate of drug-likeness (QED) is 0.719. The number of aliphatic hydroxyl groups excluding tert-OH is 1. The van der Waals surface area contributed by atoms with Gasteiger partial charge in [-0.05, 0) is 38.2 Å². The summed E-state index contributed by atoms with van der Waals surface area (Å²) >= 11 is 0. The lowest BCUT2D eigenvalue weighted by molar-refractivity contribution is 0.0336. The molecule has 0 bridgehead atoms. The number of nitrogens with one attached hydrogen (secondary N) is 2. The molecule has 0 radical (unpaired) electrons. The van der Waals surface area contributed by atoms with Gasteiger partial charge in [-0.1, -0.05) is 6.92 Å². The fourth-order valence-electron chi connectivity index (χ4n) is 2.39. The normalized spacial score (nSPS) is 24.2. The van der Waals surface area contributed by atoms with Crippen molar-refractivity contribution in [2.45, 2.75) is 45.3 Å². The highest BCUT2D eigenvalue weighted by molar-refractivity contribution is 5.39. The van der Waals surface area contributed by atoms with Crippen molar-refractivity contribution in [1.82, 2.24) is 9.97 Å². The van der Waals surface area contributed by atoms with Crippen LogP contribution in [0.5, 0.6) is 0 Å². The predicted octanol–water partition coefficient (Wildman–Crippen LogP) is 1.87. The minimum Gasteiger partial charge on any atom is -0.393 e. The summed E-state index contributed by atoms with van der Waals surface area (Å²) < 4.78 is 0. The van der Waals surface area contributed by atoms with Crippen LogP contribution in [-0.4, -0.2) is 33.8 Å². The van der Waals surface area contributed by atoms with E-state index in [0.717, 1.165) is 31.6 Å². The van der Waals surface area contributed by atoms with E-state index in [1.165, 1.54) is 0 Å². The summed E-state index contributed by atoms with van der Waals surface area (Å²) in [7, 11) is 0. The first-order valence-electron chi connectivity index (χ1n) is 6.74. The molecule has 0 amide bonds. The van der Waals surface area contributed by atoms with E-state index in [-0.39, 0.29) is 6.10 Å². The molecule has 3 N–H and O–H groups in total. The SMILES string of the molecule is CCNc1ccnc(N[C@H](CC)C2CC(O)C2)n1. The lowest BCUT2D eigenvalue weighted by atomic mass is 9.76. The number of rotatable bonds is 6. The van der Waals surface area contributed by atoms with E-state index in [0.29, 0.717) is 17.9 Å². The van der Waals surface area contributed by atoms with Crippen LogP contribution in [0.4, 0.5) is 11.8 Å². The van der Waals surface area contributed by atoms with Crippen LogP contribution >= 0.6 is 0 Å². The minimum atomic E-state index is -0.111. The molecule has 0 aromatic carbocycles. The smallest absolute Gasteiger partial charge is 0.224 e. The maximum atomic E-state index is 9.37. The second-order valence-electron chi connectivity index (χ2n) is 4.84. The zero-order valence-corrected chi connectivity index (χ0v) is 11.1. The van der Waals surface area contributed by atoms with Crippen LogP contribution in [0.1, 0.15) is 33.1 Å². The Balaban J connectivity index is 1.96. The Labute approximate surface area is 108 Å². The fourth-order valence-corrected chi connectivity index (χ4v) is 2.39. The summed E-state index contributed by atoms with van der Waals surface area (Å²) in [5, 5.41) is 15.9. The van der Waals surface area contributed by atoms with Crippen LogP contribution in [0.3, 0.4) is 0 Å². The summed E-state index contributed by atoms with van der Waals surface area (Å²) in [4.78, 5) is 8.66. The molecule has 1 fully saturated rings. The molecule has 0 spiro atoms. The Hall–Kier alpha value is -1.36. The molecule has 1 saturated carbocycles. The molecule has 1 heterocycles. The number of anilines is 2. The van der Waals surface area contributed by atoms with E-state index in [1.807, 2.05) is 13.0 Å². The highest BCUT2D eigenvalue weighted by Gasteiger charge is 2.33. The molecule has 1 atom stereocenters. The number of hydrogen-bond acceptors (Lipinski definition) is 5. The fraction of sp³-hybridized carbons (Fsp3) is 0.692. The third kappa shape index (κ3) is 3.10. The first-order chi connectivity index (χ1) is 8.72. The van der Waals surface area contributed by atoms with Gasteiger partial charge in [-0.2, -0.15) is 4.98 Å². The zero-order valence-electron chi connectivity index (χ0n) is 11.1. The molecule has 1 aliphatic carbocycles. The van der Waals surface area contributed by atoms with Gasteiger partial charge in [-0.15, -0.1) is 0 Å². The van der Waals surface area contributed by atoms with Crippen LogP contribution in [-0.2, 0) is 0 Å². The largest absolute Gasteiger partial charge is 0.393 e. The van der Waals surface area contributed by atoms with Crippen molar-refractivity contribution < 1.29 is 5.11 Å². The summed E-state index contributed by atoms with van der Waals surface area (Å²) in [5.74, 6) is 2.05. The number of hydrogen-bond donors (Lipinski definition) is 3. The van der Waals surface area contributed by atoms with Crippen molar-refractivity contribution in [3.8, 4) is 0 Å². The highest BCUT2D eigenvalue weighted by Crippen LogP contribution is 2.32. The average molecular weight is 250 g/mol. The number of aliphatic hydroxyl groups is 1. The van der Waals surface area contributed by atoms with E-state index in [2.05, 4.69) is 27.5 Å². The van der Waals surface area contributed by atoms with Crippen molar-refractivity contribution in [3.63, 3.8) is 0 Å². The van der Waals surface area contributed by atoms with Gasteiger partial charge < -0.3 is 15.7 Å². The first kappa shape index (κ1) is 13.1. The number of aromatic nitrogens is 2. The topological polar surface area (TPSA) is 70.1 Å². The van der Waals surface area contributed by atoms with Crippen LogP contribution in [0, 0.1) is 5.92 Å². The molecule has 2 rings (SSSR count). The molecular weight excluding hydrogens is 228 g/mol. The molecular formula is C13H22N4O. The lowest BCUT2D eigenvalue weighted by Crippen LogP contribution is -2.41. The standard InChI is InChI=1S/C13H22N4O/c1-3-11(9-7-10(18)8-9)16-13-15-6-5-12(17-13)14-4-2/h5-6,9-11,18H,3-4,7-8H2,1-2H3,(H2,14,15,16,17)/t9?,10?,11-/m1/s1. The molecule has 18 heavy (non-hydrogen) atoms. The Morgan fingerprint density at radius 1 is 1.44 bits per heavy atom. The second kappa shape index (κ2) is 6.00. The maximum Gasteiger partial charge on any atom is 0.224 e. The molecule has 5 nitrogen and oxygen atoms in total. The van der Waals surface area contributed by atoms with E-state index in [9.17, 15) is 5.11 Å². The summed E-state index contributed by atoms with van der Waals surface area (Å²) in [6, 6.07) is 2.22. The van der Waals surface area contributed by atoms with E-state index >= 15 is 0 Å². The van der Waals surface area contributed by atoms with Crippen molar-refractivity contribution in [1.29, 1.82) is 0 Å². The Kier molecular flexibility index (Phi) is 4.36. The Morgan fingerprint density at radius 3 is 2.83 bits per heavy atom. The van der Waals surface area contributed by atoms with Crippen molar-refractivity contribution in [2.24, 2.45) is 5.92 Å². The second-order valence-corrected chi connectivity index (χ2v) is 4.84. The first-order valence-corrected chi connectivity index (χ1v) is 6.74. The van der Waals surface area contributed by atoms with E-state index in [4.69, 9.17) is 0 Å². The minimum absolute atomic E-state index is 0.111. The Bertz CT molecular complexity index is 379. The van der Waals surface area contributed by atoms with Gasteiger partial charge in [-0.25, -0.2) is 4.98 Å². The van der Waals surface area contributed by atoms with E-state index in [1.54, 1.807) is 6.20 Å². The number of nitrogens with zero attached hydrogens (tertiary/aromatic N) is 2. The van der Waals surface area contributed by atoms with Gasteiger partial charge in [0.25, 0.3) is 0 Å². The van der Waals surface area contributed by atoms with Gasteiger partial charge >= 0.3 is 0 Å². The van der Waals surface area contributed by atoms with Crippen LogP contribution < -0.4 is 10.6 Å². The molecule has 0 saturated heterocycles. The molecule has 1 aromatic heterocycles.